The number of halogens is 7. The van der Waals surface area contributed by atoms with E-state index in [-0.39, 0.29) is 4.90 Å². The predicted octanol–water partition coefficient (Wildman–Crippen LogP) is 4.64. The van der Waals surface area contributed by atoms with Crippen molar-refractivity contribution in [3.63, 3.8) is 0 Å². The summed E-state index contributed by atoms with van der Waals surface area (Å²) in [5.41, 5.74) is -1.66. The van der Waals surface area contributed by atoms with Gasteiger partial charge in [0, 0.05) is 20.2 Å². The average molecular weight is 468 g/mol. The number of nitrogens with zero attached hydrogens (tertiary/aromatic N) is 2. The van der Waals surface area contributed by atoms with Gasteiger partial charge in [-0.2, -0.15) is 17.6 Å². The summed E-state index contributed by atoms with van der Waals surface area (Å²) in [5.74, 6) is -6.28. The van der Waals surface area contributed by atoms with Gasteiger partial charge in [-0.15, -0.1) is 0 Å². The van der Waals surface area contributed by atoms with Gasteiger partial charge in [-0.05, 0) is 24.3 Å². The fraction of sp³-hybridized carbons (Fsp3) is 0.263. The van der Waals surface area contributed by atoms with Crippen LogP contribution in [0.15, 0.2) is 36.4 Å². The molecule has 32 heavy (non-hydrogen) atoms. The minimum Gasteiger partial charge on any atom is -0.428 e. The van der Waals surface area contributed by atoms with Crippen LogP contribution in [-0.2, 0) is 4.74 Å². The number of imide groups is 1. The van der Waals surface area contributed by atoms with Crippen molar-refractivity contribution in [2.24, 2.45) is 0 Å². The topological polar surface area (TPSA) is 59.1 Å². The Morgan fingerprint density at radius 2 is 1.62 bits per heavy atom. The molecule has 0 saturated carbocycles. The first-order valence-corrected chi connectivity index (χ1v) is 8.57. The van der Waals surface area contributed by atoms with E-state index in [1.54, 1.807) is 0 Å². The minimum absolute atomic E-state index is 0.260. The Labute approximate surface area is 176 Å². The molecule has 0 fully saturated rings. The minimum atomic E-state index is -4.89. The van der Waals surface area contributed by atoms with Gasteiger partial charge in [-0.3, -0.25) is 9.69 Å². The molecule has 0 unspecified atom stereocenters. The summed E-state index contributed by atoms with van der Waals surface area (Å²) in [6.07, 6.45) is -9.07. The highest BCUT2D eigenvalue weighted by Crippen LogP contribution is 2.31. The average Bonchev–Trinajstić information content (AvgIpc) is 2.70. The smallest absolute Gasteiger partial charge is 0.428 e. The molecule has 0 N–H and O–H groups in total. The molecule has 13 heteroatoms. The molecule has 0 aliphatic heterocycles. The summed E-state index contributed by atoms with van der Waals surface area (Å²) in [6.45, 7) is -0.779. The molecule has 0 saturated heterocycles. The SMILES string of the molecule is COCN(C(=O)c1c(F)cccc1F)C(=O)N(C)c1ccc(OC(F)(F)C(F)F)cc1F. The second-order valence-corrected chi connectivity index (χ2v) is 6.17. The van der Waals surface area contributed by atoms with Gasteiger partial charge in [0.25, 0.3) is 5.91 Å². The number of urea groups is 1. The quantitative estimate of drug-likeness (QED) is 0.439. The van der Waals surface area contributed by atoms with Crippen molar-refractivity contribution in [3.05, 3.63) is 59.4 Å². The van der Waals surface area contributed by atoms with Crippen LogP contribution in [0.3, 0.4) is 0 Å². The second-order valence-electron chi connectivity index (χ2n) is 6.17. The highest BCUT2D eigenvalue weighted by Gasteiger charge is 2.44. The molecule has 0 aromatic heterocycles. The summed E-state index contributed by atoms with van der Waals surface area (Å²) in [6, 6.07) is 2.98. The van der Waals surface area contributed by atoms with E-state index < -0.39 is 65.7 Å². The number of amides is 3. The Morgan fingerprint density at radius 1 is 1.03 bits per heavy atom. The summed E-state index contributed by atoms with van der Waals surface area (Å²) >= 11 is 0. The Bertz CT molecular complexity index is 983. The fourth-order valence-corrected chi connectivity index (χ4v) is 2.48. The highest BCUT2D eigenvalue weighted by atomic mass is 19.3. The van der Waals surface area contributed by atoms with Gasteiger partial charge in [0.15, 0.2) is 5.82 Å². The zero-order chi connectivity index (χ0) is 24.2. The number of alkyl halides is 4. The number of hydrogen-bond acceptors (Lipinski definition) is 4. The van der Waals surface area contributed by atoms with Crippen molar-refractivity contribution >= 4 is 17.6 Å². The van der Waals surface area contributed by atoms with Gasteiger partial charge in [0.1, 0.15) is 29.7 Å². The lowest BCUT2D eigenvalue weighted by atomic mass is 10.1. The third-order valence-electron chi connectivity index (χ3n) is 3.99. The molecule has 0 spiro atoms. The van der Waals surface area contributed by atoms with Crippen molar-refractivity contribution in [3.8, 4) is 5.75 Å². The fourth-order valence-electron chi connectivity index (χ4n) is 2.48. The van der Waals surface area contributed by atoms with Crippen molar-refractivity contribution < 1.29 is 49.8 Å². The summed E-state index contributed by atoms with van der Waals surface area (Å²) < 4.78 is 101. The molecule has 2 aromatic carbocycles. The Morgan fingerprint density at radius 3 is 2.12 bits per heavy atom. The third kappa shape index (κ3) is 5.28. The predicted molar refractivity (Wildman–Crippen MR) is 96.2 cm³/mol. The lowest BCUT2D eigenvalue weighted by molar-refractivity contribution is -0.253. The summed E-state index contributed by atoms with van der Waals surface area (Å²) in [5, 5.41) is 0. The number of anilines is 1. The second kappa shape index (κ2) is 9.85. The van der Waals surface area contributed by atoms with Crippen LogP contribution in [0.2, 0.25) is 0 Å². The van der Waals surface area contributed by atoms with Crippen LogP contribution in [0.1, 0.15) is 10.4 Å². The monoisotopic (exact) mass is 468 g/mol. The largest absolute Gasteiger partial charge is 0.461 e. The number of carbonyl (C=O) groups is 2. The number of benzene rings is 2. The van der Waals surface area contributed by atoms with E-state index in [0.29, 0.717) is 17.0 Å². The van der Waals surface area contributed by atoms with E-state index in [0.717, 1.165) is 38.4 Å². The molecule has 2 rings (SSSR count). The van der Waals surface area contributed by atoms with Gasteiger partial charge in [-0.1, -0.05) is 6.07 Å². The maximum atomic E-state index is 14.4. The van der Waals surface area contributed by atoms with Crippen LogP contribution >= 0.6 is 0 Å². The van der Waals surface area contributed by atoms with E-state index >= 15 is 0 Å². The lowest BCUT2D eigenvalue weighted by Crippen LogP contribution is -2.46. The van der Waals surface area contributed by atoms with E-state index in [1.165, 1.54) is 0 Å². The van der Waals surface area contributed by atoms with Crippen molar-refractivity contribution in [1.82, 2.24) is 4.90 Å². The first-order valence-electron chi connectivity index (χ1n) is 8.57. The van der Waals surface area contributed by atoms with E-state index in [2.05, 4.69) is 4.74 Å². The van der Waals surface area contributed by atoms with E-state index in [9.17, 15) is 40.3 Å². The van der Waals surface area contributed by atoms with Crippen molar-refractivity contribution in [2.75, 3.05) is 25.8 Å². The zero-order valence-electron chi connectivity index (χ0n) is 16.4. The molecule has 0 bridgehead atoms. The van der Waals surface area contributed by atoms with Crippen LogP contribution in [0.4, 0.5) is 41.2 Å². The normalized spacial score (nSPS) is 11.4. The molecule has 3 amide bonds. The Balaban J connectivity index is 2.33. The van der Waals surface area contributed by atoms with Gasteiger partial charge < -0.3 is 9.47 Å². The van der Waals surface area contributed by atoms with Gasteiger partial charge in [0.05, 0.1) is 5.69 Å². The standard InChI is InChI=1S/C19H15F7N2O4/c1-27(14-7-6-10(8-13(14)22)32-19(25,26)17(23)24)18(30)28(9-31-2)16(29)15-11(20)4-3-5-12(15)21/h3-8,17H,9H2,1-2H3. The van der Waals surface area contributed by atoms with Crippen LogP contribution < -0.4 is 9.64 Å². The maximum absolute atomic E-state index is 14.4. The Hall–Kier alpha value is -3.35. The molecular weight excluding hydrogens is 453 g/mol. The van der Waals surface area contributed by atoms with Crippen LogP contribution in [-0.4, -0.2) is 50.3 Å². The van der Waals surface area contributed by atoms with E-state index in [1.807, 2.05) is 0 Å². The summed E-state index contributed by atoms with van der Waals surface area (Å²) in [4.78, 5) is 26.1. The first-order chi connectivity index (χ1) is 14.9. The van der Waals surface area contributed by atoms with Crippen LogP contribution in [0, 0.1) is 17.5 Å². The van der Waals surface area contributed by atoms with Gasteiger partial charge in [0.2, 0.25) is 0 Å². The van der Waals surface area contributed by atoms with Crippen LogP contribution in [0.5, 0.6) is 5.75 Å². The highest BCUT2D eigenvalue weighted by molar-refractivity contribution is 6.08. The summed E-state index contributed by atoms with van der Waals surface area (Å²) in [7, 11) is 2.03. The molecule has 0 atom stereocenters. The number of ether oxygens (including phenoxy) is 2. The van der Waals surface area contributed by atoms with Crippen molar-refractivity contribution in [2.45, 2.75) is 12.5 Å². The molecule has 0 radical (unpaired) electrons. The molecular formula is C19H15F7N2O4. The molecule has 0 aliphatic rings. The number of carbonyl (C=O) groups excluding carboxylic acids is 2. The number of methoxy groups -OCH3 is 1. The van der Waals surface area contributed by atoms with E-state index in [4.69, 9.17) is 4.74 Å². The lowest BCUT2D eigenvalue weighted by Gasteiger charge is -2.27. The van der Waals surface area contributed by atoms with Crippen LogP contribution in [0.25, 0.3) is 0 Å². The number of rotatable bonds is 7. The molecule has 2 aromatic rings. The number of hydrogen-bond donors (Lipinski definition) is 0. The molecule has 0 aliphatic carbocycles. The third-order valence-corrected chi connectivity index (χ3v) is 3.99. The first kappa shape index (κ1) is 24.9. The van der Waals surface area contributed by atoms with Gasteiger partial charge in [-0.25, -0.2) is 22.9 Å². The van der Waals surface area contributed by atoms with Crippen molar-refractivity contribution in [1.29, 1.82) is 0 Å². The zero-order valence-corrected chi connectivity index (χ0v) is 16.4. The maximum Gasteiger partial charge on any atom is 0.461 e. The molecule has 0 heterocycles. The molecule has 6 nitrogen and oxygen atoms in total. The Kier molecular flexibility index (Phi) is 7.67. The molecule has 174 valence electrons. The van der Waals surface area contributed by atoms with Gasteiger partial charge >= 0.3 is 18.6 Å².